The van der Waals surface area contributed by atoms with Gasteiger partial charge in [-0.25, -0.2) is 0 Å². The Bertz CT molecular complexity index is 513. The lowest BCUT2D eigenvalue weighted by Gasteiger charge is -2.16. The highest BCUT2D eigenvalue weighted by Gasteiger charge is 2.10. The van der Waals surface area contributed by atoms with Crippen molar-refractivity contribution in [3.63, 3.8) is 0 Å². The molecular weight excluding hydrogens is 250 g/mol. The average Bonchev–Trinajstić information content (AvgIpc) is 2.52. The van der Waals surface area contributed by atoms with Gasteiger partial charge in [-0.1, -0.05) is 42.5 Å². The van der Waals surface area contributed by atoms with E-state index in [2.05, 4.69) is 12.1 Å². The summed E-state index contributed by atoms with van der Waals surface area (Å²) in [5.74, 6) is 0.852. The molecule has 3 nitrogen and oxygen atoms in total. The minimum absolute atomic E-state index is 0.0280. The summed E-state index contributed by atoms with van der Waals surface area (Å²) in [6.45, 7) is 1.17. The second kappa shape index (κ2) is 7.68. The molecule has 0 fully saturated rings. The van der Waals surface area contributed by atoms with Crippen LogP contribution in [0.3, 0.4) is 0 Å². The number of rotatable bonds is 7. The van der Waals surface area contributed by atoms with Crippen molar-refractivity contribution in [2.45, 2.75) is 19.1 Å². The largest absolute Gasteiger partial charge is 0.489 e. The number of nitrogens with two attached hydrogens (primary N) is 1. The maximum Gasteiger partial charge on any atom is 0.120 e. The number of ether oxygens (including phenoxy) is 2. The maximum atomic E-state index is 5.82. The van der Waals surface area contributed by atoms with Crippen LogP contribution in [0.1, 0.15) is 23.7 Å². The van der Waals surface area contributed by atoms with E-state index in [1.54, 1.807) is 7.11 Å². The van der Waals surface area contributed by atoms with Crippen LogP contribution in [-0.2, 0) is 11.3 Å². The van der Waals surface area contributed by atoms with Crippen molar-refractivity contribution in [3.8, 4) is 5.75 Å². The van der Waals surface area contributed by atoms with Crippen LogP contribution >= 0.6 is 0 Å². The predicted octanol–water partition coefficient (Wildman–Crippen LogP) is 3.30. The monoisotopic (exact) mass is 271 g/mol. The molecule has 106 valence electrons. The molecule has 0 amide bonds. The molecule has 0 bridgehead atoms. The summed E-state index contributed by atoms with van der Waals surface area (Å²) in [6, 6.07) is 18.1. The Morgan fingerprint density at radius 2 is 1.85 bits per heavy atom. The molecule has 0 saturated heterocycles. The van der Waals surface area contributed by atoms with Crippen molar-refractivity contribution in [1.29, 1.82) is 0 Å². The summed E-state index contributed by atoms with van der Waals surface area (Å²) < 4.78 is 11.3. The Morgan fingerprint density at radius 3 is 2.55 bits per heavy atom. The van der Waals surface area contributed by atoms with Crippen molar-refractivity contribution < 1.29 is 9.47 Å². The molecule has 0 heterocycles. The van der Waals surface area contributed by atoms with Gasteiger partial charge in [-0.15, -0.1) is 0 Å². The first-order chi connectivity index (χ1) is 9.83. The van der Waals surface area contributed by atoms with E-state index in [1.807, 2.05) is 42.5 Å². The minimum Gasteiger partial charge on any atom is -0.489 e. The van der Waals surface area contributed by atoms with E-state index in [-0.39, 0.29) is 6.10 Å². The molecule has 20 heavy (non-hydrogen) atoms. The molecule has 0 aliphatic carbocycles. The van der Waals surface area contributed by atoms with Crippen LogP contribution in [0.25, 0.3) is 0 Å². The minimum atomic E-state index is 0.0280. The first-order valence-electron chi connectivity index (χ1n) is 6.83. The van der Waals surface area contributed by atoms with Gasteiger partial charge in [0.1, 0.15) is 12.4 Å². The van der Waals surface area contributed by atoms with Gasteiger partial charge in [0.2, 0.25) is 0 Å². The van der Waals surface area contributed by atoms with Crippen molar-refractivity contribution in [1.82, 2.24) is 0 Å². The van der Waals surface area contributed by atoms with Gasteiger partial charge in [0.05, 0.1) is 6.10 Å². The van der Waals surface area contributed by atoms with Crippen LogP contribution in [0.15, 0.2) is 54.6 Å². The lowest BCUT2D eigenvalue weighted by molar-refractivity contribution is 0.0975. The highest BCUT2D eigenvalue weighted by Crippen LogP contribution is 2.24. The van der Waals surface area contributed by atoms with Crippen molar-refractivity contribution in [2.24, 2.45) is 5.73 Å². The van der Waals surface area contributed by atoms with Crippen molar-refractivity contribution >= 4 is 0 Å². The smallest absolute Gasteiger partial charge is 0.120 e. The van der Waals surface area contributed by atoms with E-state index in [0.29, 0.717) is 13.2 Å². The molecule has 2 N–H and O–H groups in total. The van der Waals surface area contributed by atoms with Crippen molar-refractivity contribution in [2.75, 3.05) is 13.7 Å². The quantitative estimate of drug-likeness (QED) is 0.840. The van der Waals surface area contributed by atoms with Crippen LogP contribution in [-0.4, -0.2) is 13.7 Å². The molecule has 0 aliphatic rings. The van der Waals surface area contributed by atoms with Crippen LogP contribution in [0.5, 0.6) is 5.75 Å². The summed E-state index contributed by atoms with van der Waals surface area (Å²) in [5.41, 5.74) is 7.86. The summed E-state index contributed by atoms with van der Waals surface area (Å²) in [7, 11) is 1.71. The fraction of sp³-hybridized carbons (Fsp3) is 0.294. The molecule has 1 atom stereocenters. The second-order valence-corrected chi connectivity index (χ2v) is 4.65. The third-order valence-electron chi connectivity index (χ3n) is 3.19. The summed E-state index contributed by atoms with van der Waals surface area (Å²) in [5, 5.41) is 0. The number of hydrogen-bond acceptors (Lipinski definition) is 3. The van der Waals surface area contributed by atoms with E-state index < -0.39 is 0 Å². The molecule has 0 aromatic heterocycles. The fourth-order valence-corrected chi connectivity index (χ4v) is 2.12. The Balaban J connectivity index is 2.02. The standard InChI is InChI=1S/C17H21NO2/c1-19-17(10-11-18)15-8-5-9-16(12-15)20-13-14-6-3-2-4-7-14/h2-9,12,17H,10-11,13,18H2,1H3. The second-order valence-electron chi connectivity index (χ2n) is 4.65. The summed E-state index contributed by atoms with van der Waals surface area (Å²) in [4.78, 5) is 0. The molecule has 0 saturated carbocycles. The summed E-state index contributed by atoms with van der Waals surface area (Å²) >= 11 is 0. The summed E-state index contributed by atoms with van der Waals surface area (Å²) in [6.07, 6.45) is 0.832. The third-order valence-corrected chi connectivity index (χ3v) is 3.19. The van der Waals surface area contributed by atoms with Gasteiger partial charge >= 0.3 is 0 Å². The zero-order valence-corrected chi connectivity index (χ0v) is 11.8. The third kappa shape index (κ3) is 4.08. The zero-order chi connectivity index (χ0) is 14.2. The highest BCUT2D eigenvalue weighted by atomic mass is 16.5. The van der Waals surface area contributed by atoms with Crippen LogP contribution in [0.4, 0.5) is 0 Å². The van der Waals surface area contributed by atoms with Gasteiger partial charge in [-0.3, -0.25) is 0 Å². The van der Waals surface area contributed by atoms with E-state index in [9.17, 15) is 0 Å². The SMILES string of the molecule is COC(CCN)c1cccc(OCc2ccccc2)c1. The van der Waals surface area contributed by atoms with E-state index >= 15 is 0 Å². The van der Waals surface area contributed by atoms with Crippen LogP contribution in [0.2, 0.25) is 0 Å². The first kappa shape index (κ1) is 14.6. The molecule has 0 radical (unpaired) electrons. The van der Waals surface area contributed by atoms with Gasteiger partial charge in [0.15, 0.2) is 0 Å². The zero-order valence-electron chi connectivity index (χ0n) is 11.8. The Kier molecular flexibility index (Phi) is 5.59. The molecule has 0 spiro atoms. The topological polar surface area (TPSA) is 44.5 Å². The van der Waals surface area contributed by atoms with E-state index in [4.69, 9.17) is 15.2 Å². The predicted molar refractivity (Wildman–Crippen MR) is 80.6 cm³/mol. The van der Waals surface area contributed by atoms with Crippen LogP contribution < -0.4 is 10.5 Å². The Labute approximate surface area is 120 Å². The highest BCUT2D eigenvalue weighted by molar-refractivity contribution is 5.30. The van der Waals surface area contributed by atoms with Gasteiger partial charge in [0.25, 0.3) is 0 Å². The molecule has 2 aromatic rings. The molecular formula is C17H21NO2. The Morgan fingerprint density at radius 1 is 1.05 bits per heavy atom. The molecule has 1 unspecified atom stereocenters. The van der Waals surface area contributed by atoms with E-state index in [0.717, 1.165) is 23.3 Å². The molecule has 2 rings (SSSR count). The van der Waals surface area contributed by atoms with Gasteiger partial charge < -0.3 is 15.2 Å². The molecule has 3 heteroatoms. The van der Waals surface area contributed by atoms with Gasteiger partial charge in [-0.05, 0) is 36.2 Å². The fourth-order valence-electron chi connectivity index (χ4n) is 2.12. The lowest BCUT2D eigenvalue weighted by Crippen LogP contribution is -2.09. The van der Waals surface area contributed by atoms with E-state index in [1.165, 1.54) is 0 Å². The molecule has 0 aliphatic heterocycles. The number of methoxy groups -OCH3 is 1. The first-order valence-corrected chi connectivity index (χ1v) is 6.83. The lowest BCUT2D eigenvalue weighted by atomic mass is 10.1. The molecule has 2 aromatic carbocycles. The average molecular weight is 271 g/mol. The maximum absolute atomic E-state index is 5.82. The normalized spacial score (nSPS) is 12.1. The number of hydrogen-bond donors (Lipinski definition) is 1. The number of benzene rings is 2. The van der Waals surface area contributed by atoms with Gasteiger partial charge in [0, 0.05) is 7.11 Å². The Hall–Kier alpha value is -1.84. The van der Waals surface area contributed by atoms with Crippen LogP contribution in [0, 0.1) is 0 Å². The van der Waals surface area contributed by atoms with Gasteiger partial charge in [-0.2, -0.15) is 0 Å². The van der Waals surface area contributed by atoms with Crippen molar-refractivity contribution in [3.05, 3.63) is 65.7 Å².